The van der Waals surface area contributed by atoms with Crippen molar-refractivity contribution in [3.8, 4) is 5.75 Å². The van der Waals surface area contributed by atoms with Crippen molar-refractivity contribution in [2.45, 2.75) is 62.9 Å². The predicted octanol–water partition coefficient (Wildman–Crippen LogP) is 6.36. The number of allylic oxidation sites excluding steroid dienone is 1. The maximum absolute atomic E-state index is 12.5. The number of ether oxygens (including phenoxy) is 3. The minimum absolute atomic E-state index is 0.115. The van der Waals surface area contributed by atoms with E-state index in [1.54, 1.807) is 6.07 Å². The number of hydrogen-bond donors (Lipinski definition) is 1. The van der Waals surface area contributed by atoms with Crippen molar-refractivity contribution in [1.29, 1.82) is 0 Å². The second kappa shape index (κ2) is 12.0. The number of carbonyl (C=O) groups is 1. The second-order valence-corrected chi connectivity index (χ2v) is 13.0. The molecule has 0 bridgehead atoms. The fourth-order valence-electron chi connectivity index (χ4n) is 7.80. The molecule has 7 heteroatoms. The highest BCUT2D eigenvalue weighted by Crippen LogP contribution is 2.48. The van der Waals surface area contributed by atoms with Gasteiger partial charge < -0.3 is 24.2 Å². The fraction of sp³-hybridized carbons (Fsp3) is 0.559. The summed E-state index contributed by atoms with van der Waals surface area (Å²) in [6.45, 7) is 2.55. The number of esters is 1. The third-order valence-electron chi connectivity index (χ3n) is 10.2. The molecule has 0 amide bonds. The van der Waals surface area contributed by atoms with Crippen LogP contribution in [-0.4, -0.2) is 57.7 Å². The standard InChI is InChI=1S/C34H42ClNO5/c1-39-32(23-7-5-22(19-37)6-8-23)28-12-9-26(28)18-36-20-34(15-3-4-24-16-27(35)11-13-29(24)34)21-41-31-14-10-25(17-30(31)36)33(38)40-2/h7,10-11,13-14,16-17,22,26,28,32,37H,3-6,8-9,12,15,18-21H2,1-2H3/t22-,26-,28+,32-,34-/m0/s1. The number of benzene rings is 2. The Morgan fingerprint density at radius 1 is 1.17 bits per heavy atom. The van der Waals surface area contributed by atoms with E-state index in [-0.39, 0.29) is 24.1 Å². The van der Waals surface area contributed by atoms with Gasteiger partial charge in [0, 0.05) is 37.2 Å². The molecular formula is C34H42ClNO5. The van der Waals surface area contributed by atoms with Crippen LogP contribution in [0, 0.1) is 17.8 Å². The number of anilines is 1. The summed E-state index contributed by atoms with van der Waals surface area (Å²) >= 11 is 6.42. The van der Waals surface area contributed by atoms with Crippen molar-refractivity contribution >= 4 is 23.3 Å². The Labute approximate surface area is 248 Å². The molecule has 0 aromatic heterocycles. The highest BCUT2D eigenvalue weighted by atomic mass is 35.5. The van der Waals surface area contributed by atoms with Crippen LogP contribution in [-0.2, 0) is 21.3 Å². The third kappa shape index (κ3) is 5.51. The molecule has 1 saturated carbocycles. The van der Waals surface area contributed by atoms with Crippen LogP contribution in [0.15, 0.2) is 48.0 Å². The number of rotatable bonds is 7. The number of halogens is 1. The molecule has 0 saturated heterocycles. The van der Waals surface area contributed by atoms with Crippen molar-refractivity contribution in [1.82, 2.24) is 0 Å². The van der Waals surface area contributed by atoms with Gasteiger partial charge in [-0.1, -0.05) is 23.7 Å². The fourth-order valence-corrected chi connectivity index (χ4v) is 7.99. The van der Waals surface area contributed by atoms with Crippen LogP contribution in [0.1, 0.15) is 66.4 Å². The summed E-state index contributed by atoms with van der Waals surface area (Å²) in [6, 6.07) is 12.0. The van der Waals surface area contributed by atoms with Gasteiger partial charge in [0.25, 0.3) is 0 Å². The number of nitrogens with zero attached hydrogens (tertiary/aromatic N) is 1. The van der Waals surface area contributed by atoms with E-state index in [9.17, 15) is 9.90 Å². The van der Waals surface area contributed by atoms with Crippen LogP contribution in [0.3, 0.4) is 0 Å². The molecule has 6 rings (SSSR count). The Hall–Kier alpha value is -2.54. The number of methoxy groups -OCH3 is 2. The predicted molar refractivity (Wildman–Crippen MR) is 161 cm³/mol. The van der Waals surface area contributed by atoms with E-state index in [0.29, 0.717) is 29.9 Å². The third-order valence-corrected chi connectivity index (χ3v) is 10.4. The lowest BCUT2D eigenvalue weighted by atomic mass is 9.66. The highest BCUT2D eigenvalue weighted by Gasteiger charge is 2.45. The molecular weight excluding hydrogens is 538 g/mol. The molecule has 5 atom stereocenters. The highest BCUT2D eigenvalue weighted by molar-refractivity contribution is 6.30. The molecule has 0 unspecified atom stereocenters. The van der Waals surface area contributed by atoms with Crippen molar-refractivity contribution < 1.29 is 24.1 Å². The summed E-state index contributed by atoms with van der Waals surface area (Å²) in [7, 11) is 3.27. The van der Waals surface area contributed by atoms with Crippen LogP contribution in [0.2, 0.25) is 5.02 Å². The van der Waals surface area contributed by atoms with Gasteiger partial charge in [-0.25, -0.2) is 4.79 Å². The molecule has 1 N–H and O–H groups in total. The Bertz CT molecular complexity index is 1310. The van der Waals surface area contributed by atoms with Crippen LogP contribution >= 0.6 is 11.6 Å². The molecule has 6 nitrogen and oxygen atoms in total. The van der Waals surface area contributed by atoms with E-state index in [1.165, 1.54) is 23.8 Å². The number of carbonyl (C=O) groups excluding carboxylic acids is 1. The Kier molecular flexibility index (Phi) is 8.35. The van der Waals surface area contributed by atoms with E-state index in [4.69, 9.17) is 25.8 Å². The Balaban J connectivity index is 1.32. The van der Waals surface area contributed by atoms with Gasteiger partial charge in [-0.3, -0.25) is 0 Å². The van der Waals surface area contributed by atoms with Gasteiger partial charge in [0.05, 0.1) is 31.1 Å². The van der Waals surface area contributed by atoms with E-state index >= 15 is 0 Å². The molecule has 1 fully saturated rings. The van der Waals surface area contributed by atoms with E-state index in [1.807, 2.05) is 25.3 Å². The zero-order valence-corrected chi connectivity index (χ0v) is 25.0. The Morgan fingerprint density at radius 2 is 2.05 bits per heavy atom. The number of aliphatic hydroxyl groups excluding tert-OH is 1. The summed E-state index contributed by atoms with van der Waals surface area (Å²) in [5.41, 5.74) is 5.40. The SMILES string of the molecule is COC(=O)c1ccc2c(c1)N(C[C@@H]1CC[C@H]1[C@@H](OC)C1=CC[C@H](CO)CC1)C[C@@]1(CCCc3cc(Cl)ccc31)CO2. The van der Waals surface area contributed by atoms with Crippen molar-refractivity contribution in [2.75, 3.05) is 45.4 Å². The Morgan fingerprint density at radius 3 is 2.76 bits per heavy atom. The average Bonchev–Trinajstić information content (AvgIpc) is 3.14. The normalized spacial score (nSPS) is 28.0. The topological polar surface area (TPSA) is 68.2 Å². The van der Waals surface area contributed by atoms with Gasteiger partial charge in [-0.2, -0.15) is 0 Å². The maximum Gasteiger partial charge on any atom is 0.337 e. The molecule has 3 aliphatic carbocycles. The summed E-state index contributed by atoms with van der Waals surface area (Å²) in [6.07, 6.45) is 10.9. The summed E-state index contributed by atoms with van der Waals surface area (Å²) in [5, 5.41) is 10.4. The molecule has 2 aromatic rings. The first kappa shape index (κ1) is 28.6. The van der Waals surface area contributed by atoms with Gasteiger partial charge in [-0.15, -0.1) is 0 Å². The zero-order valence-electron chi connectivity index (χ0n) is 24.2. The van der Waals surface area contributed by atoms with E-state index in [2.05, 4.69) is 23.1 Å². The minimum Gasteiger partial charge on any atom is -0.490 e. The lowest BCUT2D eigenvalue weighted by Gasteiger charge is -2.47. The number of aliphatic hydroxyl groups is 1. The van der Waals surface area contributed by atoms with Gasteiger partial charge in [0.2, 0.25) is 0 Å². The maximum atomic E-state index is 12.5. The van der Waals surface area contributed by atoms with Crippen LogP contribution < -0.4 is 9.64 Å². The second-order valence-electron chi connectivity index (χ2n) is 12.5. The monoisotopic (exact) mass is 579 g/mol. The van der Waals surface area contributed by atoms with Crippen LogP contribution in [0.4, 0.5) is 5.69 Å². The van der Waals surface area contributed by atoms with Crippen molar-refractivity contribution in [3.63, 3.8) is 0 Å². The lowest BCUT2D eigenvalue weighted by molar-refractivity contribution is 0.00273. The molecule has 1 heterocycles. The van der Waals surface area contributed by atoms with Gasteiger partial charge in [0.15, 0.2) is 0 Å². The molecule has 41 heavy (non-hydrogen) atoms. The van der Waals surface area contributed by atoms with Gasteiger partial charge in [0.1, 0.15) is 5.75 Å². The van der Waals surface area contributed by atoms with Crippen LogP contribution in [0.5, 0.6) is 5.75 Å². The van der Waals surface area contributed by atoms with Crippen molar-refractivity contribution in [2.24, 2.45) is 17.8 Å². The summed E-state index contributed by atoms with van der Waals surface area (Å²) in [5.74, 6) is 1.77. The number of hydrogen-bond acceptors (Lipinski definition) is 6. The number of aryl methyl sites for hydroxylation is 1. The molecule has 220 valence electrons. The van der Waals surface area contributed by atoms with Gasteiger partial charge in [-0.05, 0) is 116 Å². The zero-order chi connectivity index (χ0) is 28.6. The lowest BCUT2D eigenvalue weighted by Crippen LogP contribution is -2.50. The molecule has 1 spiro atoms. The molecule has 1 aliphatic heterocycles. The summed E-state index contributed by atoms with van der Waals surface area (Å²) < 4.78 is 17.8. The quantitative estimate of drug-likeness (QED) is 0.304. The van der Waals surface area contributed by atoms with Crippen LogP contribution in [0.25, 0.3) is 0 Å². The first-order valence-corrected chi connectivity index (χ1v) is 15.5. The molecule has 2 aromatic carbocycles. The largest absolute Gasteiger partial charge is 0.490 e. The van der Waals surface area contributed by atoms with E-state index in [0.717, 1.165) is 80.9 Å². The smallest absolute Gasteiger partial charge is 0.337 e. The number of fused-ring (bicyclic) bond motifs is 3. The average molecular weight is 580 g/mol. The first-order chi connectivity index (χ1) is 19.9. The van der Waals surface area contributed by atoms with Gasteiger partial charge >= 0.3 is 5.97 Å². The molecule has 4 aliphatic rings. The molecule has 0 radical (unpaired) electrons. The van der Waals surface area contributed by atoms with E-state index < -0.39 is 0 Å². The minimum atomic E-state index is -0.337. The van der Waals surface area contributed by atoms with Crippen molar-refractivity contribution in [3.05, 3.63) is 69.8 Å². The first-order valence-electron chi connectivity index (χ1n) is 15.2. The summed E-state index contributed by atoms with van der Waals surface area (Å²) in [4.78, 5) is 15.0.